The summed E-state index contributed by atoms with van der Waals surface area (Å²) in [6.45, 7) is 0. The number of amides is 1. The third-order valence-electron chi connectivity index (χ3n) is 4.18. The average Bonchev–Trinajstić information content (AvgIpc) is 3.01. The number of aliphatic carboxylic acids is 1. The number of hydrogen-bond acceptors (Lipinski definition) is 3. The first kappa shape index (κ1) is 12.7. The van der Waals surface area contributed by atoms with Crippen LogP contribution >= 0.6 is 0 Å². The van der Waals surface area contributed by atoms with Crippen molar-refractivity contribution < 1.29 is 19.8 Å². The molecule has 4 atom stereocenters. The van der Waals surface area contributed by atoms with Crippen molar-refractivity contribution in [3.8, 4) is 5.75 Å². The lowest BCUT2D eigenvalue weighted by Crippen LogP contribution is -2.36. The number of phenolic OH excluding ortho intramolecular Hbond substituents is 1. The zero-order valence-corrected chi connectivity index (χ0v) is 10.7. The van der Waals surface area contributed by atoms with Crippen molar-refractivity contribution >= 4 is 17.6 Å². The van der Waals surface area contributed by atoms with Crippen LogP contribution in [-0.2, 0) is 9.59 Å². The van der Waals surface area contributed by atoms with Gasteiger partial charge in [0.25, 0.3) is 0 Å². The van der Waals surface area contributed by atoms with E-state index in [1.807, 2.05) is 12.2 Å². The highest BCUT2D eigenvalue weighted by Crippen LogP contribution is 2.48. The molecular formula is C15H15NO4. The van der Waals surface area contributed by atoms with Crippen LogP contribution in [0.3, 0.4) is 0 Å². The van der Waals surface area contributed by atoms with Crippen LogP contribution in [-0.4, -0.2) is 22.1 Å². The zero-order chi connectivity index (χ0) is 14.3. The van der Waals surface area contributed by atoms with Gasteiger partial charge in [0.15, 0.2) is 0 Å². The Morgan fingerprint density at radius 1 is 1.05 bits per heavy atom. The van der Waals surface area contributed by atoms with E-state index in [1.54, 1.807) is 12.1 Å². The van der Waals surface area contributed by atoms with Crippen molar-refractivity contribution in [1.82, 2.24) is 0 Å². The molecule has 0 spiro atoms. The summed E-state index contributed by atoms with van der Waals surface area (Å²) in [5.74, 6) is -2.23. The first-order valence-electron chi connectivity index (χ1n) is 6.57. The minimum absolute atomic E-state index is 0.0122. The SMILES string of the molecule is O=C(O)[C@@H]1[C@H](C(=O)Nc2ccc(O)cc2)[C@@H]2C=C[C@H]1C2. The number of carboxylic acid groups (broad SMARTS) is 1. The molecule has 1 fully saturated rings. The molecule has 104 valence electrons. The largest absolute Gasteiger partial charge is 0.508 e. The van der Waals surface area contributed by atoms with Crippen molar-refractivity contribution in [1.29, 1.82) is 0 Å². The molecule has 0 saturated heterocycles. The predicted molar refractivity (Wildman–Crippen MR) is 72.1 cm³/mol. The molecule has 1 saturated carbocycles. The smallest absolute Gasteiger partial charge is 0.307 e. The number of anilines is 1. The number of fused-ring (bicyclic) bond motifs is 2. The molecule has 5 heteroatoms. The topological polar surface area (TPSA) is 86.6 Å². The van der Waals surface area contributed by atoms with E-state index < -0.39 is 17.8 Å². The van der Waals surface area contributed by atoms with Gasteiger partial charge in [-0.05, 0) is 42.5 Å². The Labute approximate surface area is 115 Å². The van der Waals surface area contributed by atoms with E-state index in [-0.39, 0.29) is 23.5 Å². The normalized spacial score (nSPS) is 30.4. The molecule has 1 amide bonds. The van der Waals surface area contributed by atoms with Crippen LogP contribution < -0.4 is 5.32 Å². The summed E-state index contributed by atoms with van der Waals surface area (Å²) in [4.78, 5) is 23.7. The van der Waals surface area contributed by atoms with Gasteiger partial charge in [0, 0.05) is 5.69 Å². The van der Waals surface area contributed by atoms with Crippen LogP contribution in [0, 0.1) is 23.7 Å². The summed E-state index contributed by atoms with van der Waals surface area (Å²) in [5.41, 5.74) is 0.559. The van der Waals surface area contributed by atoms with Gasteiger partial charge < -0.3 is 15.5 Å². The van der Waals surface area contributed by atoms with Gasteiger partial charge in [-0.2, -0.15) is 0 Å². The monoisotopic (exact) mass is 273 g/mol. The van der Waals surface area contributed by atoms with Gasteiger partial charge in [-0.3, -0.25) is 9.59 Å². The van der Waals surface area contributed by atoms with Crippen LogP contribution in [0.15, 0.2) is 36.4 Å². The second-order valence-electron chi connectivity index (χ2n) is 5.37. The van der Waals surface area contributed by atoms with Crippen molar-refractivity contribution in [2.24, 2.45) is 23.7 Å². The highest BCUT2D eigenvalue weighted by Gasteiger charge is 2.51. The van der Waals surface area contributed by atoms with Crippen LogP contribution in [0.5, 0.6) is 5.75 Å². The Bertz CT molecular complexity index is 578. The first-order valence-corrected chi connectivity index (χ1v) is 6.57. The standard InChI is InChI=1S/C15H15NO4/c17-11-5-3-10(4-6-11)16-14(18)12-8-1-2-9(7-8)13(12)15(19)20/h1-6,8-9,12-13,17H,7H2,(H,16,18)(H,19,20)/t8-,9+,12-,13+/m1/s1. The first-order chi connectivity index (χ1) is 9.56. The molecule has 5 nitrogen and oxygen atoms in total. The predicted octanol–water partition coefficient (Wildman–Crippen LogP) is 1.85. The van der Waals surface area contributed by atoms with Crippen LogP contribution in [0.4, 0.5) is 5.69 Å². The van der Waals surface area contributed by atoms with Crippen molar-refractivity contribution in [3.63, 3.8) is 0 Å². The fourth-order valence-electron chi connectivity index (χ4n) is 3.29. The van der Waals surface area contributed by atoms with Crippen molar-refractivity contribution in [2.75, 3.05) is 5.32 Å². The van der Waals surface area contributed by atoms with Crippen molar-refractivity contribution in [3.05, 3.63) is 36.4 Å². The number of aromatic hydroxyl groups is 1. The molecule has 0 aromatic heterocycles. The van der Waals surface area contributed by atoms with Crippen molar-refractivity contribution in [2.45, 2.75) is 6.42 Å². The van der Waals surface area contributed by atoms with Crippen LogP contribution in [0.25, 0.3) is 0 Å². The lowest BCUT2D eigenvalue weighted by Gasteiger charge is -2.23. The van der Waals surface area contributed by atoms with E-state index in [2.05, 4.69) is 5.32 Å². The number of carbonyl (C=O) groups is 2. The van der Waals surface area contributed by atoms with Gasteiger partial charge in [0.1, 0.15) is 5.75 Å². The number of hydrogen-bond donors (Lipinski definition) is 3. The summed E-state index contributed by atoms with van der Waals surface area (Å²) in [6, 6.07) is 6.13. The molecular weight excluding hydrogens is 258 g/mol. The minimum Gasteiger partial charge on any atom is -0.508 e. The van der Waals surface area contributed by atoms with Gasteiger partial charge >= 0.3 is 5.97 Å². The minimum atomic E-state index is -0.910. The summed E-state index contributed by atoms with van der Waals surface area (Å²) >= 11 is 0. The summed E-state index contributed by atoms with van der Waals surface area (Å²) in [5, 5.41) is 21.2. The maximum absolute atomic E-state index is 12.3. The van der Waals surface area contributed by atoms with Gasteiger partial charge in [0.2, 0.25) is 5.91 Å². The number of nitrogens with one attached hydrogen (secondary N) is 1. The van der Waals surface area contributed by atoms with E-state index in [1.165, 1.54) is 12.1 Å². The Balaban J connectivity index is 1.78. The highest BCUT2D eigenvalue weighted by atomic mass is 16.4. The fourth-order valence-corrected chi connectivity index (χ4v) is 3.29. The van der Waals surface area contributed by atoms with E-state index in [9.17, 15) is 19.8 Å². The maximum Gasteiger partial charge on any atom is 0.307 e. The molecule has 0 unspecified atom stereocenters. The second kappa shape index (κ2) is 4.67. The average molecular weight is 273 g/mol. The fraction of sp³-hybridized carbons (Fsp3) is 0.333. The lowest BCUT2D eigenvalue weighted by molar-refractivity contribution is -0.146. The number of allylic oxidation sites excluding steroid dienone is 2. The molecule has 3 N–H and O–H groups in total. The molecule has 0 aliphatic heterocycles. The summed E-state index contributed by atoms with van der Waals surface area (Å²) in [6.07, 6.45) is 4.60. The molecule has 2 aliphatic rings. The van der Waals surface area contributed by atoms with Gasteiger partial charge in [-0.1, -0.05) is 12.2 Å². The maximum atomic E-state index is 12.3. The number of carbonyl (C=O) groups excluding carboxylic acids is 1. The number of benzene rings is 1. The van der Waals surface area contributed by atoms with Crippen LogP contribution in [0.2, 0.25) is 0 Å². The Morgan fingerprint density at radius 3 is 2.25 bits per heavy atom. The molecule has 2 aliphatic carbocycles. The molecule has 0 heterocycles. The molecule has 0 radical (unpaired) electrons. The summed E-state index contributed by atoms with van der Waals surface area (Å²) < 4.78 is 0. The molecule has 20 heavy (non-hydrogen) atoms. The zero-order valence-electron chi connectivity index (χ0n) is 10.7. The number of phenols is 1. The van der Waals surface area contributed by atoms with Gasteiger partial charge in [-0.15, -0.1) is 0 Å². The quantitative estimate of drug-likeness (QED) is 0.579. The third-order valence-corrected chi connectivity index (χ3v) is 4.18. The van der Waals surface area contributed by atoms with Crippen LogP contribution in [0.1, 0.15) is 6.42 Å². The Morgan fingerprint density at radius 2 is 1.65 bits per heavy atom. The number of carboxylic acids is 1. The molecule has 1 aromatic carbocycles. The molecule has 3 rings (SSSR count). The third kappa shape index (κ3) is 2.05. The Kier molecular flexibility index (Phi) is 2.97. The van der Waals surface area contributed by atoms with Gasteiger partial charge in [0.05, 0.1) is 11.8 Å². The second-order valence-corrected chi connectivity index (χ2v) is 5.37. The van der Waals surface area contributed by atoms with E-state index in [0.29, 0.717) is 5.69 Å². The van der Waals surface area contributed by atoms with E-state index in [0.717, 1.165) is 6.42 Å². The lowest BCUT2D eigenvalue weighted by atomic mass is 9.82. The van der Waals surface area contributed by atoms with E-state index >= 15 is 0 Å². The summed E-state index contributed by atoms with van der Waals surface area (Å²) in [7, 11) is 0. The highest BCUT2D eigenvalue weighted by molar-refractivity contribution is 5.96. The van der Waals surface area contributed by atoms with Gasteiger partial charge in [-0.25, -0.2) is 0 Å². The molecule has 1 aromatic rings. The molecule has 2 bridgehead atoms. The van der Waals surface area contributed by atoms with E-state index in [4.69, 9.17) is 0 Å². The number of rotatable bonds is 3. The Hall–Kier alpha value is -2.30.